The molecule has 0 saturated heterocycles. The molecule has 11 heavy (non-hydrogen) atoms. The molecule has 1 unspecified atom stereocenters. The quantitative estimate of drug-likeness (QED) is 0.686. The fraction of sp³-hybridized carbons (Fsp3) is 1.00. The Balaban J connectivity index is 3.83. The molecule has 4 heteroatoms. The predicted molar refractivity (Wildman–Crippen MR) is 39.7 cm³/mol. The fourth-order valence-corrected chi connectivity index (χ4v) is 0.740. The van der Waals surface area contributed by atoms with E-state index < -0.39 is 18.1 Å². The van der Waals surface area contributed by atoms with Crippen LogP contribution < -0.4 is 5.73 Å². The Morgan fingerprint density at radius 2 is 1.91 bits per heavy atom. The van der Waals surface area contributed by atoms with Crippen LogP contribution in [0, 0.1) is 0 Å². The van der Waals surface area contributed by atoms with Gasteiger partial charge in [0.25, 0.3) is 6.43 Å². The van der Waals surface area contributed by atoms with Crippen LogP contribution in [0.1, 0.15) is 20.3 Å². The van der Waals surface area contributed by atoms with Crippen molar-refractivity contribution >= 4 is 0 Å². The van der Waals surface area contributed by atoms with Crippen LogP contribution in [0.4, 0.5) is 8.78 Å². The molecule has 0 aliphatic heterocycles. The maximum atomic E-state index is 11.9. The lowest BCUT2D eigenvalue weighted by Crippen LogP contribution is -2.38. The van der Waals surface area contributed by atoms with E-state index in [9.17, 15) is 8.78 Å². The predicted octanol–water partition coefficient (Wildman–Crippen LogP) is 1.39. The van der Waals surface area contributed by atoms with E-state index in [0.29, 0.717) is 0 Å². The van der Waals surface area contributed by atoms with E-state index in [0.717, 1.165) is 0 Å². The highest BCUT2D eigenvalue weighted by Gasteiger charge is 2.25. The van der Waals surface area contributed by atoms with Gasteiger partial charge in [-0.3, -0.25) is 0 Å². The number of rotatable bonds is 4. The number of halogens is 2. The van der Waals surface area contributed by atoms with Crippen LogP contribution in [0.5, 0.6) is 0 Å². The zero-order chi connectivity index (χ0) is 9.07. The van der Waals surface area contributed by atoms with Crippen LogP contribution in [-0.2, 0) is 4.74 Å². The first-order chi connectivity index (χ1) is 4.89. The maximum absolute atomic E-state index is 11.9. The molecule has 68 valence electrons. The van der Waals surface area contributed by atoms with Crippen molar-refractivity contribution in [3.05, 3.63) is 0 Å². The van der Waals surface area contributed by atoms with Gasteiger partial charge in [-0.05, 0) is 20.3 Å². The monoisotopic (exact) mass is 167 g/mol. The van der Waals surface area contributed by atoms with Gasteiger partial charge < -0.3 is 10.5 Å². The van der Waals surface area contributed by atoms with Crippen molar-refractivity contribution in [1.82, 2.24) is 0 Å². The van der Waals surface area contributed by atoms with Gasteiger partial charge in [0.15, 0.2) is 0 Å². The Hall–Kier alpha value is -0.220. The lowest BCUT2D eigenvalue weighted by Gasteiger charge is -2.25. The molecule has 0 amide bonds. The van der Waals surface area contributed by atoms with Crippen LogP contribution in [0.3, 0.4) is 0 Å². The standard InChI is InChI=1S/C7H15F2NO/c1-7(2,11-3)4-5(10)6(8)9/h5-6H,4,10H2,1-3H3. The number of alkyl halides is 2. The van der Waals surface area contributed by atoms with Gasteiger partial charge in [-0.2, -0.15) is 0 Å². The van der Waals surface area contributed by atoms with Crippen LogP contribution in [0.25, 0.3) is 0 Å². The summed E-state index contributed by atoms with van der Waals surface area (Å²) in [5.74, 6) is 0. The minimum absolute atomic E-state index is 0.168. The highest BCUT2D eigenvalue weighted by molar-refractivity contribution is 4.76. The third-order valence-corrected chi connectivity index (χ3v) is 1.60. The minimum Gasteiger partial charge on any atom is -0.379 e. The van der Waals surface area contributed by atoms with Crippen molar-refractivity contribution in [3.8, 4) is 0 Å². The number of hydrogen-bond acceptors (Lipinski definition) is 2. The Morgan fingerprint density at radius 1 is 1.45 bits per heavy atom. The summed E-state index contributed by atoms with van der Waals surface area (Å²) in [4.78, 5) is 0. The van der Waals surface area contributed by atoms with Gasteiger partial charge in [0.05, 0.1) is 11.6 Å². The molecule has 0 aromatic heterocycles. The third-order valence-electron chi connectivity index (χ3n) is 1.60. The smallest absolute Gasteiger partial charge is 0.253 e. The lowest BCUT2D eigenvalue weighted by atomic mass is 10.00. The second-order valence-electron chi connectivity index (χ2n) is 3.17. The first-order valence-electron chi connectivity index (χ1n) is 3.48. The SMILES string of the molecule is COC(C)(C)CC(N)C(F)F. The molecule has 0 radical (unpaired) electrons. The van der Waals surface area contributed by atoms with E-state index >= 15 is 0 Å². The molecular formula is C7H15F2NO. The van der Waals surface area contributed by atoms with E-state index in [1.165, 1.54) is 7.11 Å². The summed E-state index contributed by atoms with van der Waals surface area (Å²) in [5, 5.41) is 0. The summed E-state index contributed by atoms with van der Waals surface area (Å²) in [5.41, 5.74) is 4.59. The van der Waals surface area contributed by atoms with Gasteiger partial charge in [0.2, 0.25) is 0 Å². The molecule has 0 saturated carbocycles. The highest BCUT2D eigenvalue weighted by atomic mass is 19.3. The zero-order valence-electron chi connectivity index (χ0n) is 7.10. The molecule has 0 aromatic carbocycles. The Morgan fingerprint density at radius 3 is 2.18 bits per heavy atom. The first kappa shape index (κ1) is 10.8. The average molecular weight is 167 g/mol. The van der Waals surface area contributed by atoms with Crippen LogP contribution in [-0.4, -0.2) is 25.2 Å². The number of nitrogens with two attached hydrogens (primary N) is 1. The minimum atomic E-state index is -2.47. The van der Waals surface area contributed by atoms with Gasteiger partial charge >= 0.3 is 0 Å². The highest BCUT2D eigenvalue weighted by Crippen LogP contribution is 2.17. The molecule has 0 fully saturated rings. The van der Waals surface area contributed by atoms with Crippen molar-refractivity contribution in [2.75, 3.05) is 7.11 Å². The van der Waals surface area contributed by atoms with Crippen LogP contribution in [0.15, 0.2) is 0 Å². The number of methoxy groups -OCH3 is 1. The second kappa shape index (κ2) is 3.97. The first-order valence-corrected chi connectivity index (χ1v) is 3.48. The zero-order valence-corrected chi connectivity index (χ0v) is 7.10. The second-order valence-corrected chi connectivity index (χ2v) is 3.17. The topological polar surface area (TPSA) is 35.2 Å². The average Bonchev–Trinajstić information content (AvgIpc) is 1.87. The number of hydrogen-bond donors (Lipinski definition) is 1. The molecule has 2 nitrogen and oxygen atoms in total. The van der Waals surface area contributed by atoms with Crippen molar-refractivity contribution in [1.29, 1.82) is 0 Å². The summed E-state index contributed by atoms with van der Waals surface area (Å²) in [6.45, 7) is 3.46. The molecule has 0 heterocycles. The Bertz CT molecular complexity index is 117. The van der Waals surface area contributed by atoms with Crippen molar-refractivity contribution in [2.24, 2.45) is 5.73 Å². The summed E-state index contributed by atoms with van der Waals surface area (Å²) < 4.78 is 28.8. The molecule has 0 aliphatic carbocycles. The third kappa shape index (κ3) is 4.27. The summed E-state index contributed by atoms with van der Waals surface area (Å²) in [6, 6.07) is -1.09. The van der Waals surface area contributed by atoms with Crippen LogP contribution in [0.2, 0.25) is 0 Å². The molecule has 0 bridgehead atoms. The molecule has 0 spiro atoms. The molecular weight excluding hydrogens is 152 g/mol. The Labute approximate surface area is 65.7 Å². The van der Waals surface area contributed by atoms with Crippen molar-refractivity contribution in [3.63, 3.8) is 0 Å². The fourth-order valence-electron chi connectivity index (χ4n) is 0.740. The maximum Gasteiger partial charge on any atom is 0.253 e. The van der Waals surface area contributed by atoms with Gasteiger partial charge in [0, 0.05) is 7.11 Å². The largest absolute Gasteiger partial charge is 0.379 e. The summed E-state index contributed by atoms with van der Waals surface area (Å²) >= 11 is 0. The summed E-state index contributed by atoms with van der Waals surface area (Å²) in [7, 11) is 1.48. The van der Waals surface area contributed by atoms with Crippen molar-refractivity contribution in [2.45, 2.75) is 38.3 Å². The van der Waals surface area contributed by atoms with Gasteiger partial charge in [-0.1, -0.05) is 0 Å². The van der Waals surface area contributed by atoms with E-state index in [1.807, 2.05) is 0 Å². The number of ether oxygens (including phenoxy) is 1. The van der Waals surface area contributed by atoms with E-state index in [1.54, 1.807) is 13.8 Å². The van der Waals surface area contributed by atoms with Crippen molar-refractivity contribution < 1.29 is 13.5 Å². The molecule has 0 rings (SSSR count). The molecule has 0 aliphatic rings. The molecule has 1 atom stereocenters. The molecule has 2 N–H and O–H groups in total. The van der Waals surface area contributed by atoms with Gasteiger partial charge in [0.1, 0.15) is 0 Å². The van der Waals surface area contributed by atoms with Crippen LogP contribution >= 0.6 is 0 Å². The van der Waals surface area contributed by atoms with E-state index in [2.05, 4.69) is 0 Å². The molecule has 0 aromatic rings. The van der Waals surface area contributed by atoms with Gasteiger partial charge in [-0.25, -0.2) is 8.78 Å². The normalized spacial score (nSPS) is 15.5. The van der Waals surface area contributed by atoms with Gasteiger partial charge in [-0.15, -0.1) is 0 Å². The lowest BCUT2D eigenvalue weighted by molar-refractivity contribution is -0.00958. The Kier molecular flexibility index (Phi) is 3.89. The van der Waals surface area contributed by atoms with E-state index in [4.69, 9.17) is 10.5 Å². The van der Waals surface area contributed by atoms with E-state index in [-0.39, 0.29) is 6.42 Å². The summed E-state index contributed by atoms with van der Waals surface area (Å²) in [6.07, 6.45) is -2.30.